The quantitative estimate of drug-likeness (QED) is 0.675. The number of aliphatic imine (C=N–C) groups is 1. The van der Waals surface area contributed by atoms with Gasteiger partial charge in [-0.1, -0.05) is 6.07 Å². The minimum Gasteiger partial charge on any atom is -0.352 e. The van der Waals surface area contributed by atoms with Gasteiger partial charge in [-0.25, -0.2) is 0 Å². The third-order valence-electron chi connectivity index (χ3n) is 3.05. The van der Waals surface area contributed by atoms with Gasteiger partial charge >= 0.3 is 0 Å². The number of rotatable bonds is 4. The lowest BCUT2D eigenvalue weighted by Crippen LogP contribution is -2.38. The Morgan fingerprint density at radius 3 is 2.90 bits per heavy atom. The molecule has 6 heteroatoms. The predicted octanol–water partition coefficient (Wildman–Crippen LogP) is 3.06. The van der Waals surface area contributed by atoms with Crippen LogP contribution in [0.4, 0.5) is 0 Å². The van der Waals surface area contributed by atoms with Crippen LogP contribution in [0, 0.1) is 0 Å². The molecule has 0 aliphatic heterocycles. The summed E-state index contributed by atoms with van der Waals surface area (Å²) in [5.41, 5.74) is 1.23. The maximum atomic E-state index is 4.34. The fourth-order valence-electron chi connectivity index (χ4n) is 2.01. The zero-order chi connectivity index (χ0) is 14.5. The van der Waals surface area contributed by atoms with Crippen LogP contribution in [0.3, 0.4) is 0 Å². The molecule has 2 rings (SSSR count). The molecule has 0 radical (unpaired) electrons. The molecule has 1 N–H and O–H groups in total. The number of guanidine groups is 1. The van der Waals surface area contributed by atoms with Gasteiger partial charge in [0.2, 0.25) is 0 Å². The molecule has 2 aromatic rings. The Morgan fingerprint density at radius 2 is 2.35 bits per heavy atom. The Balaban J connectivity index is 1.95. The van der Waals surface area contributed by atoms with E-state index in [2.05, 4.69) is 72.5 Å². The second kappa shape index (κ2) is 6.95. The van der Waals surface area contributed by atoms with E-state index in [1.165, 1.54) is 10.6 Å². The molecule has 0 fully saturated rings. The summed E-state index contributed by atoms with van der Waals surface area (Å²) in [6.07, 6.45) is 2.06. The smallest absolute Gasteiger partial charge is 0.194 e. The monoisotopic (exact) mass is 354 g/mol. The molecule has 0 bridgehead atoms. The van der Waals surface area contributed by atoms with E-state index in [9.17, 15) is 0 Å². The first-order valence-corrected chi connectivity index (χ1v) is 8.02. The Labute approximate surface area is 132 Å². The van der Waals surface area contributed by atoms with E-state index in [0.29, 0.717) is 0 Å². The number of halogens is 1. The summed E-state index contributed by atoms with van der Waals surface area (Å²) >= 11 is 5.25. The standard InChI is InChI=1S/C14H19BrN4S/c1-16-14(17-8-13-5-4-6-20-13)19(3)10-12-7-11(15)9-18(12)2/h4-7,9H,8,10H2,1-3H3,(H,16,17). The summed E-state index contributed by atoms with van der Waals surface area (Å²) in [5, 5.41) is 5.47. The SMILES string of the molecule is CN=C(NCc1cccs1)N(C)Cc1cc(Br)cn1C. The molecule has 0 aromatic carbocycles. The molecule has 0 unspecified atom stereocenters. The number of hydrogen-bond donors (Lipinski definition) is 1. The number of hydrogen-bond acceptors (Lipinski definition) is 2. The lowest BCUT2D eigenvalue weighted by molar-refractivity contribution is 0.462. The Morgan fingerprint density at radius 1 is 1.55 bits per heavy atom. The van der Waals surface area contributed by atoms with Gasteiger partial charge in [0.1, 0.15) is 0 Å². The van der Waals surface area contributed by atoms with Crippen molar-refractivity contribution in [1.29, 1.82) is 0 Å². The van der Waals surface area contributed by atoms with Crippen LogP contribution >= 0.6 is 27.3 Å². The van der Waals surface area contributed by atoms with E-state index >= 15 is 0 Å². The molecule has 2 heterocycles. The first-order valence-electron chi connectivity index (χ1n) is 6.35. The fraction of sp³-hybridized carbons (Fsp3) is 0.357. The van der Waals surface area contributed by atoms with Crippen LogP contribution in [-0.2, 0) is 20.1 Å². The van der Waals surface area contributed by atoms with Crippen LogP contribution < -0.4 is 5.32 Å². The van der Waals surface area contributed by atoms with Crippen molar-refractivity contribution in [3.8, 4) is 0 Å². The van der Waals surface area contributed by atoms with Crippen LogP contribution in [-0.4, -0.2) is 29.5 Å². The zero-order valence-corrected chi connectivity index (χ0v) is 14.3. The van der Waals surface area contributed by atoms with E-state index in [-0.39, 0.29) is 0 Å². The van der Waals surface area contributed by atoms with Gasteiger partial charge in [0, 0.05) is 42.4 Å². The van der Waals surface area contributed by atoms with Crippen LogP contribution in [0.2, 0.25) is 0 Å². The van der Waals surface area contributed by atoms with Gasteiger partial charge in [-0.05, 0) is 33.4 Å². The van der Waals surface area contributed by atoms with Crippen LogP contribution in [0.1, 0.15) is 10.6 Å². The van der Waals surface area contributed by atoms with Gasteiger partial charge in [-0.3, -0.25) is 4.99 Å². The zero-order valence-electron chi connectivity index (χ0n) is 11.9. The third kappa shape index (κ3) is 3.86. The lowest BCUT2D eigenvalue weighted by Gasteiger charge is -2.22. The maximum absolute atomic E-state index is 4.34. The van der Waals surface area contributed by atoms with Crippen molar-refractivity contribution in [2.75, 3.05) is 14.1 Å². The highest BCUT2D eigenvalue weighted by Gasteiger charge is 2.09. The minimum absolute atomic E-state index is 0.811. The highest BCUT2D eigenvalue weighted by molar-refractivity contribution is 9.10. The summed E-state index contributed by atoms with van der Waals surface area (Å²) in [6, 6.07) is 6.32. The Bertz CT molecular complexity index is 574. The molecule has 4 nitrogen and oxygen atoms in total. The van der Waals surface area contributed by atoms with Crippen LogP contribution in [0.25, 0.3) is 0 Å². The second-order valence-corrected chi connectivity index (χ2v) is 6.54. The molecule has 0 aliphatic carbocycles. The average Bonchev–Trinajstić information content (AvgIpc) is 3.01. The molecule has 0 amide bonds. The van der Waals surface area contributed by atoms with Crippen molar-refractivity contribution in [1.82, 2.24) is 14.8 Å². The molecule has 0 atom stereocenters. The molecule has 20 heavy (non-hydrogen) atoms. The van der Waals surface area contributed by atoms with Crippen LogP contribution in [0.15, 0.2) is 39.2 Å². The van der Waals surface area contributed by atoms with Crippen molar-refractivity contribution in [3.63, 3.8) is 0 Å². The topological polar surface area (TPSA) is 32.6 Å². The summed E-state index contributed by atoms with van der Waals surface area (Å²) in [6.45, 7) is 1.62. The van der Waals surface area contributed by atoms with E-state index in [1.807, 2.05) is 14.1 Å². The fourth-order valence-corrected chi connectivity index (χ4v) is 3.22. The Kier molecular flexibility index (Phi) is 5.25. The molecular weight excluding hydrogens is 336 g/mol. The van der Waals surface area contributed by atoms with Gasteiger partial charge in [-0.2, -0.15) is 0 Å². The number of nitrogens with zero attached hydrogens (tertiary/aromatic N) is 3. The van der Waals surface area contributed by atoms with Gasteiger partial charge in [0.15, 0.2) is 5.96 Å². The molecule has 2 aromatic heterocycles. The highest BCUT2D eigenvalue weighted by atomic mass is 79.9. The molecule has 0 spiro atoms. The van der Waals surface area contributed by atoms with Crippen molar-refractivity contribution >= 4 is 33.2 Å². The molecule has 0 saturated heterocycles. The lowest BCUT2D eigenvalue weighted by atomic mass is 10.4. The van der Waals surface area contributed by atoms with Gasteiger partial charge in [-0.15, -0.1) is 11.3 Å². The van der Waals surface area contributed by atoms with E-state index in [0.717, 1.165) is 23.5 Å². The van der Waals surface area contributed by atoms with Gasteiger partial charge in [0.25, 0.3) is 0 Å². The first-order chi connectivity index (χ1) is 9.60. The van der Waals surface area contributed by atoms with Crippen molar-refractivity contribution in [2.24, 2.45) is 12.0 Å². The van der Waals surface area contributed by atoms with Crippen molar-refractivity contribution in [3.05, 3.63) is 44.8 Å². The van der Waals surface area contributed by atoms with E-state index in [4.69, 9.17) is 0 Å². The predicted molar refractivity (Wildman–Crippen MR) is 89.1 cm³/mol. The normalized spacial score (nSPS) is 11.7. The summed E-state index contributed by atoms with van der Waals surface area (Å²) in [5.74, 6) is 0.899. The summed E-state index contributed by atoms with van der Waals surface area (Å²) in [7, 11) is 5.91. The van der Waals surface area contributed by atoms with Gasteiger partial charge < -0.3 is 14.8 Å². The molecular formula is C14H19BrN4S. The largest absolute Gasteiger partial charge is 0.352 e. The third-order valence-corrected chi connectivity index (χ3v) is 4.36. The first kappa shape index (κ1) is 15.1. The second-order valence-electron chi connectivity index (χ2n) is 4.60. The summed E-state index contributed by atoms with van der Waals surface area (Å²) in [4.78, 5) is 7.76. The molecule has 108 valence electrons. The number of aromatic nitrogens is 1. The van der Waals surface area contributed by atoms with E-state index in [1.54, 1.807) is 11.3 Å². The highest BCUT2D eigenvalue weighted by Crippen LogP contribution is 2.15. The number of thiophene rings is 1. The van der Waals surface area contributed by atoms with E-state index < -0.39 is 0 Å². The van der Waals surface area contributed by atoms with Gasteiger partial charge in [0.05, 0.1) is 13.1 Å². The molecule has 0 aliphatic rings. The van der Waals surface area contributed by atoms with Crippen molar-refractivity contribution in [2.45, 2.75) is 13.1 Å². The minimum atomic E-state index is 0.811. The Hall–Kier alpha value is -1.27. The van der Waals surface area contributed by atoms with Crippen LogP contribution in [0.5, 0.6) is 0 Å². The van der Waals surface area contributed by atoms with Crippen molar-refractivity contribution < 1.29 is 0 Å². The number of nitrogens with one attached hydrogen (secondary N) is 1. The average molecular weight is 355 g/mol. The number of aryl methyl sites for hydroxylation is 1. The summed E-state index contributed by atoms with van der Waals surface area (Å²) < 4.78 is 3.22. The maximum Gasteiger partial charge on any atom is 0.194 e. The molecule has 0 saturated carbocycles.